The van der Waals surface area contributed by atoms with E-state index in [0.717, 1.165) is 5.56 Å². The Balaban J connectivity index is 2.66. The van der Waals surface area contributed by atoms with Gasteiger partial charge in [0.15, 0.2) is 0 Å². The number of amides is 3. The molecular formula is C21H33N5O5. The zero-order chi connectivity index (χ0) is 23.4. The van der Waals surface area contributed by atoms with Crippen molar-refractivity contribution in [3.05, 3.63) is 35.9 Å². The average Bonchev–Trinajstić information content (AvgIpc) is 2.73. The second kappa shape index (κ2) is 13.3. The summed E-state index contributed by atoms with van der Waals surface area (Å²) in [5.74, 6) is -2.86. The van der Waals surface area contributed by atoms with Crippen LogP contribution >= 0.6 is 0 Å². The van der Waals surface area contributed by atoms with Gasteiger partial charge in [-0.2, -0.15) is 0 Å². The minimum absolute atomic E-state index is 0.287. The predicted molar refractivity (Wildman–Crippen MR) is 116 cm³/mol. The fourth-order valence-electron chi connectivity index (χ4n) is 2.78. The van der Waals surface area contributed by atoms with E-state index in [1.807, 2.05) is 30.3 Å². The van der Waals surface area contributed by atoms with Crippen LogP contribution in [0, 0.1) is 0 Å². The van der Waals surface area contributed by atoms with Crippen molar-refractivity contribution in [2.45, 2.75) is 63.7 Å². The van der Waals surface area contributed by atoms with Crippen LogP contribution in [0.2, 0.25) is 0 Å². The Kier molecular flexibility index (Phi) is 11.2. The van der Waals surface area contributed by atoms with Gasteiger partial charge in [0.2, 0.25) is 17.7 Å². The number of nitrogens with one attached hydrogen (secondary N) is 3. The van der Waals surface area contributed by atoms with E-state index in [1.165, 1.54) is 13.8 Å². The smallest absolute Gasteiger partial charge is 0.325 e. The highest BCUT2D eigenvalue weighted by Crippen LogP contribution is 2.04. The van der Waals surface area contributed by atoms with E-state index in [0.29, 0.717) is 25.8 Å². The molecule has 0 aliphatic carbocycles. The molecule has 0 aliphatic rings. The molecule has 10 heteroatoms. The lowest BCUT2D eigenvalue weighted by Gasteiger charge is -2.23. The van der Waals surface area contributed by atoms with E-state index in [2.05, 4.69) is 16.0 Å². The van der Waals surface area contributed by atoms with Crippen LogP contribution < -0.4 is 27.4 Å². The molecule has 0 aliphatic heterocycles. The van der Waals surface area contributed by atoms with E-state index >= 15 is 0 Å². The van der Waals surface area contributed by atoms with Gasteiger partial charge in [0.1, 0.15) is 18.1 Å². The Morgan fingerprint density at radius 3 is 2.10 bits per heavy atom. The van der Waals surface area contributed by atoms with Crippen molar-refractivity contribution in [2.75, 3.05) is 6.54 Å². The lowest BCUT2D eigenvalue weighted by atomic mass is 10.1. The standard InChI is InChI=1S/C21H33N5O5/c1-13(24-19(28)16(23)12-15-8-4-3-5-9-15)18(27)26-17(10-6-7-11-22)20(29)25-14(2)21(30)31/h3-5,8-9,13-14,16-17H,6-7,10-12,22-23H2,1-2H3,(H,24,28)(H,25,29)(H,26,27)(H,30,31). The minimum Gasteiger partial charge on any atom is -0.480 e. The molecule has 10 nitrogen and oxygen atoms in total. The zero-order valence-corrected chi connectivity index (χ0v) is 18.0. The molecule has 172 valence electrons. The summed E-state index contributed by atoms with van der Waals surface area (Å²) in [4.78, 5) is 48.3. The van der Waals surface area contributed by atoms with E-state index in [9.17, 15) is 19.2 Å². The zero-order valence-electron chi connectivity index (χ0n) is 18.0. The highest BCUT2D eigenvalue weighted by molar-refractivity contribution is 5.93. The quantitative estimate of drug-likeness (QED) is 0.221. The normalized spacial score (nSPS) is 14.6. The van der Waals surface area contributed by atoms with Crippen molar-refractivity contribution < 1.29 is 24.3 Å². The maximum atomic E-state index is 12.5. The van der Waals surface area contributed by atoms with Crippen molar-refractivity contribution in [2.24, 2.45) is 11.5 Å². The molecule has 0 spiro atoms. The van der Waals surface area contributed by atoms with Crippen molar-refractivity contribution in [1.29, 1.82) is 0 Å². The Bertz CT molecular complexity index is 743. The number of hydrogen-bond acceptors (Lipinski definition) is 6. The first-order chi connectivity index (χ1) is 14.6. The average molecular weight is 436 g/mol. The van der Waals surface area contributed by atoms with Gasteiger partial charge in [0, 0.05) is 0 Å². The van der Waals surface area contributed by atoms with Crippen molar-refractivity contribution in [3.63, 3.8) is 0 Å². The van der Waals surface area contributed by atoms with Crippen LogP contribution in [0.5, 0.6) is 0 Å². The summed E-state index contributed by atoms with van der Waals surface area (Å²) in [6.07, 6.45) is 1.82. The molecule has 0 saturated heterocycles. The number of benzene rings is 1. The van der Waals surface area contributed by atoms with Crippen LogP contribution in [0.3, 0.4) is 0 Å². The molecule has 8 N–H and O–H groups in total. The Morgan fingerprint density at radius 2 is 1.52 bits per heavy atom. The molecule has 31 heavy (non-hydrogen) atoms. The number of carboxylic acids is 1. The molecule has 0 radical (unpaired) electrons. The van der Waals surface area contributed by atoms with E-state index in [-0.39, 0.29) is 6.42 Å². The van der Waals surface area contributed by atoms with Gasteiger partial charge in [-0.1, -0.05) is 30.3 Å². The monoisotopic (exact) mass is 435 g/mol. The lowest BCUT2D eigenvalue weighted by Crippen LogP contribution is -2.56. The second-order valence-corrected chi connectivity index (χ2v) is 7.44. The number of aliphatic carboxylic acids is 1. The lowest BCUT2D eigenvalue weighted by molar-refractivity contribution is -0.141. The number of carboxylic acid groups (broad SMARTS) is 1. The molecule has 4 atom stereocenters. The number of carbonyl (C=O) groups is 4. The third kappa shape index (κ3) is 9.58. The summed E-state index contributed by atoms with van der Waals surface area (Å²) in [5.41, 5.74) is 12.3. The molecule has 0 aromatic heterocycles. The fourth-order valence-corrected chi connectivity index (χ4v) is 2.78. The molecule has 1 aromatic rings. The summed E-state index contributed by atoms with van der Waals surface area (Å²) in [7, 11) is 0. The van der Waals surface area contributed by atoms with Crippen LogP contribution in [-0.2, 0) is 25.6 Å². The third-order valence-corrected chi connectivity index (χ3v) is 4.70. The van der Waals surface area contributed by atoms with Gasteiger partial charge in [-0.15, -0.1) is 0 Å². The first kappa shape index (κ1) is 26.1. The third-order valence-electron chi connectivity index (χ3n) is 4.70. The fraction of sp³-hybridized carbons (Fsp3) is 0.524. The SMILES string of the molecule is CC(NC(=O)C(CCCCN)NC(=O)C(C)NC(=O)C(N)Cc1ccccc1)C(=O)O. The van der Waals surface area contributed by atoms with E-state index < -0.39 is 47.9 Å². The Morgan fingerprint density at radius 1 is 0.903 bits per heavy atom. The van der Waals surface area contributed by atoms with Crippen LogP contribution in [-0.4, -0.2) is 59.5 Å². The largest absolute Gasteiger partial charge is 0.480 e. The van der Waals surface area contributed by atoms with Crippen molar-refractivity contribution >= 4 is 23.7 Å². The maximum absolute atomic E-state index is 12.5. The highest BCUT2D eigenvalue weighted by atomic mass is 16.4. The number of carbonyl (C=O) groups excluding carboxylic acids is 3. The van der Waals surface area contributed by atoms with Gasteiger partial charge in [-0.05, 0) is 51.6 Å². The highest BCUT2D eigenvalue weighted by Gasteiger charge is 2.27. The van der Waals surface area contributed by atoms with Crippen molar-refractivity contribution in [3.8, 4) is 0 Å². The van der Waals surface area contributed by atoms with Crippen molar-refractivity contribution in [1.82, 2.24) is 16.0 Å². The summed E-state index contributed by atoms with van der Waals surface area (Å²) in [6.45, 7) is 3.24. The van der Waals surface area contributed by atoms with Gasteiger partial charge < -0.3 is 32.5 Å². The molecule has 0 saturated carbocycles. The summed E-state index contributed by atoms with van der Waals surface area (Å²) < 4.78 is 0. The van der Waals surface area contributed by atoms with Gasteiger partial charge in [0.05, 0.1) is 6.04 Å². The molecule has 0 fully saturated rings. The van der Waals surface area contributed by atoms with E-state index in [1.54, 1.807) is 0 Å². The molecule has 3 amide bonds. The summed E-state index contributed by atoms with van der Waals surface area (Å²) in [5, 5.41) is 16.4. The van der Waals surface area contributed by atoms with Crippen LogP contribution in [0.4, 0.5) is 0 Å². The maximum Gasteiger partial charge on any atom is 0.325 e. The molecule has 1 rings (SSSR count). The van der Waals surface area contributed by atoms with Crippen LogP contribution in [0.25, 0.3) is 0 Å². The number of hydrogen-bond donors (Lipinski definition) is 6. The van der Waals surface area contributed by atoms with Gasteiger partial charge in [-0.25, -0.2) is 0 Å². The molecule has 4 unspecified atom stereocenters. The Labute approximate surface area is 182 Å². The van der Waals surface area contributed by atoms with E-state index in [4.69, 9.17) is 16.6 Å². The Hall–Kier alpha value is -2.98. The topological polar surface area (TPSA) is 177 Å². The van der Waals surface area contributed by atoms with Gasteiger partial charge >= 0.3 is 5.97 Å². The summed E-state index contributed by atoms with van der Waals surface area (Å²) >= 11 is 0. The first-order valence-corrected chi connectivity index (χ1v) is 10.3. The van der Waals surface area contributed by atoms with Crippen LogP contribution in [0.15, 0.2) is 30.3 Å². The molecular weight excluding hydrogens is 402 g/mol. The van der Waals surface area contributed by atoms with Gasteiger partial charge in [-0.3, -0.25) is 19.2 Å². The molecule has 0 bridgehead atoms. The second-order valence-electron chi connectivity index (χ2n) is 7.44. The molecule has 1 aromatic carbocycles. The predicted octanol–water partition coefficient (Wildman–Crippen LogP) is -0.736. The number of nitrogens with two attached hydrogens (primary N) is 2. The van der Waals surface area contributed by atoms with Gasteiger partial charge in [0.25, 0.3) is 0 Å². The molecule has 0 heterocycles. The number of rotatable bonds is 13. The first-order valence-electron chi connectivity index (χ1n) is 10.3. The van der Waals surface area contributed by atoms with Crippen LogP contribution in [0.1, 0.15) is 38.7 Å². The summed E-state index contributed by atoms with van der Waals surface area (Å²) in [6, 6.07) is 5.44. The number of unbranched alkanes of at least 4 members (excludes halogenated alkanes) is 1. The minimum atomic E-state index is -1.19.